The summed E-state index contributed by atoms with van der Waals surface area (Å²) in [4.78, 5) is 22.6. The molecular formula is C11H17NO4. The second kappa shape index (κ2) is 4.97. The summed E-state index contributed by atoms with van der Waals surface area (Å²) < 4.78 is 0. The summed E-state index contributed by atoms with van der Waals surface area (Å²) in [5.41, 5.74) is -3.38. The van der Waals surface area contributed by atoms with E-state index in [1.807, 2.05) is 0 Å². The minimum atomic E-state index is -1.86. The first-order valence-electron chi connectivity index (χ1n) is 5.26. The lowest BCUT2D eigenvalue weighted by atomic mass is 9.59. The van der Waals surface area contributed by atoms with Crippen LogP contribution < -0.4 is 0 Å². The molecule has 90 valence electrons. The predicted octanol–water partition coefficient (Wildman–Crippen LogP) is 1.88. The van der Waals surface area contributed by atoms with E-state index in [0.29, 0.717) is 0 Å². The van der Waals surface area contributed by atoms with Crippen molar-refractivity contribution in [1.82, 2.24) is 0 Å². The molecule has 16 heavy (non-hydrogen) atoms. The van der Waals surface area contributed by atoms with Gasteiger partial charge in [-0.25, -0.2) is 0 Å². The molecule has 1 unspecified atom stereocenters. The van der Waals surface area contributed by atoms with Crippen molar-refractivity contribution < 1.29 is 19.8 Å². The third kappa shape index (κ3) is 1.64. The fraction of sp³-hybridized carbons (Fsp3) is 0.727. The third-order valence-corrected chi connectivity index (χ3v) is 3.52. The second-order valence-electron chi connectivity index (χ2n) is 3.77. The highest BCUT2D eigenvalue weighted by Gasteiger charge is 2.59. The minimum absolute atomic E-state index is 0.0210. The van der Waals surface area contributed by atoms with Gasteiger partial charge in [0.25, 0.3) is 0 Å². The van der Waals surface area contributed by atoms with Gasteiger partial charge in [0.15, 0.2) is 5.41 Å². The SMILES string of the molecule is CCC(C#N)(C(=O)O)C(CC)(CC)C(=O)O. The van der Waals surface area contributed by atoms with Crippen molar-refractivity contribution in [1.29, 1.82) is 5.26 Å². The number of hydrogen-bond acceptors (Lipinski definition) is 3. The van der Waals surface area contributed by atoms with Crippen molar-refractivity contribution in [3.8, 4) is 6.07 Å². The van der Waals surface area contributed by atoms with E-state index >= 15 is 0 Å². The van der Waals surface area contributed by atoms with E-state index in [1.54, 1.807) is 19.9 Å². The molecule has 0 saturated heterocycles. The van der Waals surface area contributed by atoms with E-state index in [2.05, 4.69) is 0 Å². The highest BCUT2D eigenvalue weighted by molar-refractivity contribution is 5.89. The molecular weight excluding hydrogens is 210 g/mol. The summed E-state index contributed by atoms with van der Waals surface area (Å²) in [6.45, 7) is 4.73. The quantitative estimate of drug-likeness (QED) is 0.721. The van der Waals surface area contributed by atoms with E-state index in [-0.39, 0.29) is 19.3 Å². The van der Waals surface area contributed by atoms with Crippen LogP contribution in [0.15, 0.2) is 0 Å². The van der Waals surface area contributed by atoms with Crippen LogP contribution in [-0.2, 0) is 9.59 Å². The Kier molecular flexibility index (Phi) is 4.48. The van der Waals surface area contributed by atoms with Crippen molar-refractivity contribution >= 4 is 11.9 Å². The summed E-state index contributed by atoms with van der Waals surface area (Å²) >= 11 is 0. The van der Waals surface area contributed by atoms with Crippen LogP contribution in [0.3, 0.4) is 0 Å². The molecule has 0 aliphatic rings. The van der Waals surface area contributed by atoms with Gasteiger partial charge in [0.05, 0.1) is 11.5 Å². The van der Waals surface area contributed by atoms with Gasteiger partial charge in [-0.3, -0.25) is 9.59 Å². The Hall–Kier alpha value is -1.57. The Labute approximate surface area is 94.7 Å². The Morgan fingerprint density at radius 3 is 1.56 bits per heavy atom. The molecule has 0 aromatic heterocycles. The van der Waals surface area contributed by atoms with E-state index in [9.17, 15) is 19.8 Å². The van der Waals surface area contributed by atoms with Gasteiger partial charge in [-0.2, -0.15) is 5.26 Å². The summed E-state index contributed by atoms with van der Waals surface area (Å²) in [5.74, 6) is -2.58. The maximum Gasteiger partial charge on any atom is 0.325 e. The van der Waals surface area contributed by atoms with Gasteiger partial charge in [-0.05, 0) is 19.3 Å². The van der Waals surface area contributed by atoms with Crippen molar-refractivity contribution in [2.24, 2.45) is 10.8 Å². The van der Waals surface area contributed by atoms with Gasteiger partial charge in [0.2, 0.25) is 0 Å². The molecule has 0 aromatic rings. The summed E-state index contributed by atoms with van der Waals surface area (Å²) in [5, 5.41) is 27.5. The molecule has 0 aliphatic heterocycles. The lowest BCUT2D eigenvalue weighted by Crippen LogP contribution is -2.51. The number of carboxylic acid groups (broad SMARTS) is 2. The van der Waals surface area contributed by atoms with Crippen LogP contribution in [0.1, 0.15) is 40.0 Å². The number of carbonyl (C=O) groups is 2. The smallest absolute Gasteiger partial charge is 0.325 e. The van der Waals surface area contributed by atoms with Crippen LogP contribution in [-0.4, -0.2) is 22.2 Å². The van der Waals surface area contributed by atoms with Crippen molar-refractivity contribution in [2.45, 2.75) is 40.0 Å². The highest BCUT2D eigenvalue weighted by Crippen LogP contribution is 2.47. The average molecular weight is 227 g/mol. The van der Waals surface area contributed by atoms with Crippen LogP contribution in [0.2, 0.25) is 0 Å². The number of aliphatic carboxylic acids is 2. The first kappa shape index (κ1) is 14.4. The molecule has 1 atom stereocenters. The molecule has 0 fully saturated rings. The number of nitriles is 1. The summed E-state index contributed by atoms with van der Waals surface area (Å²) in [6, 6.07) is 1.71. The molecule has 0 heterocycles. The van der Waals surface area contributed by atoms with E-state index in [4.69, 9.17) is 5.26 Å². The van der Waals surface area contributed by atoms with Gasteiger partial charge in [-0.1, -0.05) is 20.8 Å². The molecule has 5 nitrogen and oxygen atoms in total. The van der Waals surface area contributed by atoms with E-state index in [0.717, 1.165) is 0 Å². The summed E-state index contributed by atoms with van der Waals surface area (Å²) in [7, 11) is 0. The summed E-state index contributed by atoms with van der Waals surface area (Å²) in [6.07, 6.45) is 0.214. The van der Waals surface area contributed by atoms with Crippen LogP contribution in [0.5, 0.6) is 0 Å². The molecule has 0 aliphatic carbocycles. The van der Waals surface area contributed by atoms with E-state index < -0.39 is 22.8 Å². The monoisotopic (exact) mass is 227 g/mol. The van der Waals surface area contributed by atoms with Gasteiger partial charge in [-0.15, -0.1) is 0 Å². The van der Waals surface area contributed by atoms with Crippen LogP contribution in [0.4, 0.5) is 0 Å². The van der Waals surface area contributed by atoms with E-state index in [1.165, 1.54) is 6.92 Å². The van der Waals surface area contributed by atoms with Crippen LogP contribution in [0, 0.1) is 22.2 Å². The number of carboxylic acids is 2. The number of hydrogen-bond donors (Lipinski definition) is 2. The van der Waals surface area contributed by atoms with Crippen molar-refractivity contribution in [3.05, 3.63) is 0 Å². The molecule has 5 heteroatoms. The van der Waals surface area contributed by atoms with Crippen molar-refractivity contribution in [2.75, 3.05) is 0 Å². The molecule has 0 spiro atoms. The maximum atomic E-state index is 11.3. The lowest BCUT2D eigenvalue weighted by molar-refractivity contribution is -0.170. The Bertz CT molecular complexity index is 327. The maximum absolute atomic E-state index is 11.3. The second-order valence-corrected chi connectivity index (χ2v) is 3.77. The zero-order valence-corrected chi connectivity index (χ0v) is 9.78. The molecule has 2 N–H and O–H groups in total. The number of rotatable bonds is 6. The fourth-order valence-corrected chi connectivity index (χ4v) is 2.27. The highest BCUT2D eigenvalue weighted by atomic mass is 16.4. The normalized spacial score (nSPS) is 14.9. The predicted molar refractivity (Wildman–Crippen MR) is 56.6 cm³/mol. The van der Waals surface area contributed by atoms with Gasteiger partial charge in [0.1, 0.15) is 0 Å². The number of nitrogens with zero attached hydrogens (tertiary/aromatic N) is 1. The molecule has 0 radical (unpaired) electrons. The Balaban J connectivity index is 5.92. The molecule has 0 bridgehead atoms. The van der Waals surface area contributed by atoms with Crippen molar-refractivity contribution in [3.63, 3.8) is 0 Å². The zero-order valence-electron chi connectivity index (χ0n) is 9.78. The minimum Gasteiger partial charge on any atom is -0.481 e. The first-order chi connectivity index (χ1) is 7.38. The molecule has 0 saturated carbocycles. The van der Waals surface area contributed by atoms with Gasteiger partial charge < -0.3 is 10.2 Å². The first-order valence-corrected chi connectivity index (χ1v) is 5.26. The average Bonchev–Trinajstić information content (AvgIpc) is 2.25. The standard InChI is InChI=1S/C11H17NO4/c1-4-10(5-2,8(13)14)11(6-3,7-12)9(15)16/h4-6H2,1-3H3,(H,13,14)(H,15,16). The molecule has 0 amide bonds. The zero-order chi connectivity index (χ0) is 13.0. The molecule has 0 rings (SSSR count). The fourth-order valence-electron chi connectivity index (χ4n) is 2.27. The lowest BCUT2D eigenvalue weighted by Gasteiger charge is -2.38. The largest absolute Gasteiger partial charge is 0.481 e. The third-order valence-electron chi connectivity index (χ3n) is 3.52. The van der Waals surface area contributed by atoms with Gasteiger partial charge in [0, 0.05) is 0 Å². The van der Waals surface area contributed by atoms with Gasteiger partial charge >= 0.3 is 11.9 Å². The topological polar surface area (TPSA) is 98.4 Å². The van der Waals surface area contributed by atoms with Crippen LogP contribution in [0.25, 0.3) is 0 Å². The Morgan fingerprint density at radius 1 is 1.06 bits per heavy atom. The Morgan fingerprint density at radius 2 is 1.50 bits per heavy atom. The molecule has 0 aromatic carbocycles. The van der Waals surface area contributed by atoms with Crippen LogP contribution >= 0.6 is 0 Å².